The Balaban J connectivity index is 2.03. The Bertz CT molecular complexity index is 514. The number of imidazole rings is 1. The molecule has 1 aromatic carbocycles. The van der Waals surface area contributed by atoms with Crippen molar-refractivity contribution in [2.24, 2.45) is 5.92 Å². The van der Waals surface area contributed by atoms with Gasteiger partial charge in [0, 0.05) is 12.4 Å². The van der Waals surface area contributed by atoms with E-state index in [1.54, 1.807) is 6.20 Å². The molecule has 3 heteroatoms. The van der Waals surface area contributed by atoms with E-state index in [4.69, 9.17) is 0 Å². The zero-order valence-corrected chi connectivity index (χ0v) is 11.9. The van der Waals surface area contributed by atoms with Crippen molar-refractivity contribution in [2.75, 3.05) is 0 Å². The maximum Gasteiger partial charge on any atom is 0.105 e. The van der Waals surface area contributed by atoms with E-state index in [2.05, 4.69) is 31.0 Å². The van der Waals surface area contributed by atoms with Gasteiger partial charge in [-0.15, -0.1) is 0 Å². The quantitative estimate of drug-likeness (QED) is 0.894. The van der Waals surface area contributed by atoms with Crippen LogP contribution in [0.3, 0.4) is 0 Å². The molecule has 0 saturated carbocycles. The number of hydrogen-bond acceptors (Lipinski definition) is 2. The second-order valence-electron chi connectivity index (χ2n) is 5.48. The lowest BCUT2D eigenvalue weighted by Crippen LogP contribution is -2.09. The van der Waals surface area contributed by atoms with E-state index < -0.39 is 6.10 Å². The highest BCUT2D eigenvalue weighted by molar-refractivity contribution is 5.24. The highest BCUT2D eigenvalue weighted by Crippen LogP contribution is 2.18. The Labute approximate surface area is 114 Å². The summed E-state index contributed by atoms with van der Waals surface area (Å²) in [5, 5.41) is 10.2. The molecular weight excluding hydrogens is 236 g/mol. The van der Waals surface area contributed by atoms with Gasteiger partial charge in [0.2, 0.25) is 0 Å². The number of aliphatic hydroxyl groups is 1. The Morgan fingerprint density at radius 2 is 1.89 bits per heavy atom. The fraction of sp³-hybridized carbons (Fsp3) is 0.438. The van der Waals surface area contributed by atoms with Crippen molar-refractivity contribution in [1.29, 1.82) is 0 Å². The number of aliphatic hydroxyl groups excluding tert-OH is 1. The lowest BCUT2D eigenvalue weighted by Gasteiger charge is -2.14. The molecule has 0 radical (unpaired) electrons. The molecule has 0 fully saturated rings. The topological polar surface area (TPSA) is 38.0 Å². The van der Waals surface area contributed by atoms with Crippen LogP contribution in [-0.2, 0) is 13.0 Å². The first-order valence-corrected chi connectivity index (χ1v) is 6.81. The minimum Gasteiger partial charge on any atom is -0.387 e. The highest BCUT2D eigenvalue weighted by atomic mass is 16.3. The molecule has 3 nitrogen and oxygen atoms in total. The fourth-order valence-corrected chi connectivity index (χ4v) is 2.24. The highest BCUT2D eigenvalue weighted by Gasteiger charge is 2.09. The third-order valence-corrected chi connectivity index (χ3v) is 3.30. The molecule has 2 aromatic rings. The van der Waals surface area contributed by atoms with Gasteiger partial charge >= 0.3 is 0 Å². The van der Waals surface area contributed by atoms with Crippen molar-refractivity contribution in [1.82, 2.24) is 9.55 Å². The summed E-state index contributed by atoms with van der Waals surface area (Å²) in [4.78, 5) is 4.16. The van der Waals surface area contributed by atoms with Crippen LogP contribution >= 0.6 is 0 Å². The van der Waals surface area contributed by atoms with Crippen LogP contribution in [0.5, 0.6) is 0 Å². The number of nitrogens with zero attached hydrogens (tertiary/aromatic N) is 2. The van der Waals surface area contributed by atoms with Crippen LogP contribution in [0.4, 0.5) is 0 Å². The lowest BCUT2D eigenvalue weighted by molar-refractivity contribution is 0.155. The minimum absolute atomic E-state index is 0.485. The summed E-state index contributed by atoms with van der Waals surface area (Å²) in [6.07, 6.45) is 4.25. The molecule has 0 aliphatic rings. The lowest BCUT2D eigenvalue weighted by atomic mass is 10.0. The Morgan fingerprint density at radius 1 is 1.21 bits per heavy atom. The summed E-state index contributed by atoms with van der Waals surface area (Å²) in [7, 11) is 0. The van der Waals surface area contributed by atoms with Crippen molar-refractivity contribution in [3.8, 4) is 0 Å². The van der Waals surface area contributed by atoms with Gasteiger partial charge in [-0.2, -0.15) is 0 Å². The third kappa shape index (κ3) is 3.67. The van der Waals surface area contributed by atoms with Crippen molar-refractivity contribution in [3.63, 3.8) is 0 Å². The molecule has 102 valence electrons. The van der Waals surface area contributed by atoms with Crippen LogP contribution in [0.15, 0.2) is 36.7 Å². The molecule has 0 aliphatic heterocycles. The first kappa shape index (κ1) is 13.8. The fourth-order valence-electron chi connectivity index (χ4n) is 2.24. The molecule has 1 unspecified atom stereocenters. The molecule has 0 aliphatic carbocycles. The van der Waals surface area contributed by atoms with Crippen LogP contribution < -0.4 is 0 Å². The zero-order valence-electron chi connectivity index (χ0n) is 11.9. The number of benzene rings is 1. The van der Waals surface area contributed by atoms with Crippen LogP contribution in [0.2, 0.25) is 0 Å². The summed E-state index contributed by atoms with van der Waals surface area (Å²) >= 11 is 0. The summed E-state index contributed by atoms with van der Waals surface area (Å²) < 4.78 is 1.96. The molecule has 1 heterocycles. The zero-order chi connectivity index (χ0) is 13.8. The Hall–Kier alpha value is -1.61. The molecule has 1 atom stereocenters. The molecule has 0 bridgehead atoms. The first-order chi connectivity index (χ1) is 9.06. The molecule has 1 N–H and O–H groups in total. The van der Waals surface area contributed by atoms with Crippen molar-refractivity contribution < 1.29 is 5.11 Å². The Morgan fingerprint density at radius 3 is 2.42 bits per heavy atom. The second kappa shape index (κ2) is 6.02. The monoisotopic (exact) mass is 258 g/mol. The van der Waals surface area contributed by atoms with E-state index in [0.29, 0.717) is 12.5 Å². The standard InChI is InChI=1S/C16H22N2O/c1-12(2)10-14-4-6-15(7-5-14)16(19)11-18-9-8-17-13(18)3/h4-9,12,16,19H,10-11H2,1-3H3. The summed E-state index contributed by atoms with van der Waals surface area (Å²) in [5.74, 6) is 1.58. The van der Waals surface area contributed by atoms with Crippen LogP contribution in [0.1, 0.15) is 36.9 Å². The molecule has 19 heavy (non-hydrogen) atoms. The normalized spacial score (nSPS) is 12.9. The molecule has 0 saturated heterocycles. The van der Waals surface area contributed by atoms with Crippen LogP contribution in [0.25, 0.3) is 0 Å². The maximum atomic E-state index is 10.2. The van der Waals surface area contributed by atoms with Crippen molar-refractivity contribution in [3.05, 3.63) is 53.6 Å². The number of aryl methyl sites for hydroxylation is 1. The summed E-state index contributed by atoms with van der Waals surface area (Å²) in [6.45, 7) is 6.92. The van der Waals surface area contributed by atoms with E-state index in [-0.39, 0.29) is 0 Å². The van der Waals surface area contributed by atoms with E-state index in [1.165, 1.54) is 5.56 Å². The van der Waals surface area contributed by atoms with Gasteiger partial charge in [-0.1, -0.05) is 38.1 Å². The van der Waals surface area contributed by atoms with E-state index in [0.717, 1.165) is 17.8 Å². The van der Waals surface area contributed by atoms with Gasteiger partial charge in [-0.3, -0.25) is 0 Å². The van der Waals surface area contributed by atoms with Gasteiger partial charge < -0.3 is 9.67 Å². The number of hydrogen-bond donors (Lipinski definition) is 1. The van der Waals surface area contributed by atoms with Crippen molar-refractivity contribution >= 4 is 0 Å². The molecule has 0 amide bonds. The van der Waals surface area contributed by atoms with E-state index in [1.807, 2.05) is 29.8 Å². The molecule has 1 aromatic heterocycles. The summed E-state index contributed by atoms with van der Waals surface area (Å²) in [6, 6.07) is 8.27. The van der Waals surface area contributed by atoms with Gasteiger partial charge in [0.15, 0.2) is 0 Å². The van der Waals surface area contributed by atoms with E-state index in [9.17, 15) is 5.11 Å². The van der Waals surface area contributed by atoms with Gasteiger partial charge in [-0.25, -0.2) is 4.98 Å². The average Bonchev–Trinajstić information content (AvgIpc) is 2.75. The minimum atomic E-state index is -0.485. The average molecular weight is 258 g/mol. The maximum absolute atomic E-state index is 10.2. The molecular formula is C16H22N2O. The van der Waals surface area contributed by atoms with Crippen molar-refractivity contribution in [2.45, 2.75) is 39.8 Å². The third-order valence-electron chi connectivity index (χ3n) is 3.30. The largest absolute Gasteiger partial charge is 0.387 e. The Kier molecular flexibility index (Phi) is 4.38. The first-order valence-electron chi connectivity index (χ1n) is 6.81. The van der Waals surface area contributed by atoms with Crippen LogP contribution in [0, 0.1) is 12.8 Å². The molecule has 2 rings (SSSR count). The van der Waals surface area contributed by atoms with E-state index >= 15 is 0 Å². The predicted octanol–water partition coefficient (Wildman–Crippen LogP) is 3.12. The number of aromatic nitrogens is 2. The smallest absolute Gasteiger partial charge is 0.105 e. The van der Waals surface area contributed by atoms with Gasteiger partial charge in [0.25, 0.3) is 0 Å². The second-order valence-corrected chi connectivity index (χ2v) is 5.48. The van der Waals surface area contributed by atoms with Gasteiger partial charge in [0.1, 0.15) is 5.82 Å². The van der Waals surface area contributed by atoms with Crippen LogP contribution in [-0.4, -0.2) is 14.7 Å². The predicted molar refractivity (Wildman–Crippen MR) is 76.9 cm³/mol. The summed E-state index contributed by atoms with van der Waals surface area (Å²) in [5.41, 5.74) is 2.28. The SMILES string of the molecule is Cc1nccn1CC(O)c1ccc(CC(C)C)cc1. The van der Waals surface area contributed by atoms with Gasteiger partial charge in [0.05, 0.1) is 12.6 Å². The number of rotatable bonds is 5. The van der Waals surface area contributed by atoms with Gasteiger partial charge in [-0.05, 0) is 30.4 Å². The molecule has 0 spiro atoms.